The van der Waals surface area contributed by atoms with Crippen molar-refractivity contribution in [1.82, 2.24) is 0 Å². The van der Waals surface area contributed by atoms with Gasteiger partial charge in [0.15, 0.2) is 0 Å². The van der Waals surface area contributed by atoms with Crippen LogP contribution in [0.3, 0.4) is 0 Å². The third-order valence-corrected chi connectivity index (χ3v) is 5.39. The number of ether oxygens (including phenoxy) is 1. The maximum Gasteiger partial charge on any atom is 0.205 e. The van der Waals surface area contributed by atoms with Crippen molar-refractivity contribution >= 4 is 38.0 Å². The molecule has 0 bridgehead atoms. The minimum atomic E-state index is -0.174. The molecule has 0 saturated heterocycles. The van der Waals surface area contributed by atoms with Crippen molar-refractivity contribution in [3.05, 3.63) is 74.2 Å². The van der Waals surface area contributed by atoms with Crippen molar-refractivity contribution in [1.29, 1.82) is 5.26 Å². The zero-order valence-electron chi connectivity index (χ0n) is 11.9. The molecule has 0 spiro atoms. The number of benzene rings is 2. The number of hydrogen-bond donors (Lipinski definition) is 1. The van der Waals surface area contributed by atoms with Crippen LogP contribution >= 0.6 is 27.3 Å². The molecule has 1 aliphatic heterocycles. The summed E-state index contributed by atoms with van der Waals surface area (Å²) in [5.74, 6) is 0.733. The lowest BCUT2D eigenvalue weighted by Crippen LogP contribution is -2.20. The number of nitrogens with zero attached hydrogens (tertiary/aromatic N) is 1. The van der Waals surface area contributed by atoms with Crippen LogP contribution in [0.25, 0.3) is 10.8 Å². The molecule has 0 amide bonds. The summed E-state index contributed by atoms with van der Waals surface area (Å²) in [6.45, 7) is 0. The summed E-state index contributed by atoms with van der Waals surface area (Å²) in [6.07, 6.45) is 0. The second-order valence-corrected chi connectivity index (χ2v) is 7.22. The standard InChI is InChI=1S/C18H11BrN2OS/c19-12-4-3-10-8-15-13(7-11(10)6-12)17(16-2-1-5-23-16)14(9-20)18(21)22-15/h1-8,17H,21H2/t17-/m1/s1. The van der Waals surface area contributed by atoms with Crippen molar-refractivity contribution in [3.63, 3.8) is 0 Å². The van der Waals surface area contributed by atoms with Gasteiger partial charge in [-0.3, -0.25) is 0 Å². The van der Waals surface area contributed by atoms with Crippen molar-refractivity contribution in [2.45, 2.75) is 5.92 Å². The van der Waals surface area contributed by atoms with E-state index in [1.807, 2.05) is 35.7 Å². The predicted octanol–water partition coefficient (Wildman–Crippen LogP) is 4.88. The van der Waals surface area contributed by atoms with E-state index in [0.29, 0.717) is 5.57 Å². The molecule has 5 heteroatoms. The zero-order chi connectivity index (χ0) is 16.0. The van der Waals surface area contributed by atoms with Gasteiger partial charge < -0.3 is 10.5 Å². The Balaban J connectivity index is 2.01. The first-order valence-corrected chi connectivity index (χ1v) is 8.69. The van der Waals surface area contributed by atoms with E-state index in [2.05, 4.69) is 34.1 Å². The minimum absolute atomic E-state index is 0.174. The first-order valence-electron chi connectivity index (χ1n) is 7.01. The second kappa shape index (κ2) is 5.41. The monoisotopic (exact) mass is 382 g/mol. The van der Waals surface area contributed by atoms with Crippen molar-refractivity contribution in [2.75, 3.05) is 0 Å². The molecule has 112 valence electrons. The van der Waals surface area contributed by atoms with Crippen LogP contribution in [0.4, 0.5) is 0 Å². The average molecular weight is 383 g/mol. The first-order chi connectivity index (χ1) is 11.2. The van der Waals surface area contributed by atoms with E-state index >= 15 is 0 Å². The van der Waals surface area contributed by atoms with Gasteiger partial charge in [0.2, 0.25) is 5.88 Å². The van der Waals surface area contributed by atoms with E-state index < -0.39 is 0 Å². The fourth-order valence-corrected chi connectivity index (χ4v) is 4.15. The third-order valence-electron chi connectivity index (χ3n) is 3.96. The average Bonchev–Trinajstić information content (AvgIpc) is 3.06. The summed E-state index contributed by atoms with van der Waals surface area (Å²) in [5.41, 5.74) is 7.44. The van der Waals surface area contributed by atoms with Crippen LogP contribution in [0.2, 0.25) is 0 Å². The molecule has 2 N–H and O–H groups in total. The van der Waals surface area contributed by atoms with Crippen LogP contribution < -0.4 is 10.5 Å². The number of halogens is 1. The molecule has 2 heterocycles. The quantitative estimate of drug-likeness (QED) is 0.652. The number of nitrogens with two attached hydrogens (primary N) is 1. The Kier molecular flexibility index (Phi) is 3.37. The van der Waals surface area contributed by atoms with E-state index in [0.717, 1.165) is 31.4 Å². The zero-order valence-corrected chi connectivity index (χ0v) is 14.3. The molecule has 0 unspecified atom stereocenters. The number of allylic oxidation sites excluding steroid dienone is 1. The molecule has 0 radical (unpaired) electrons. The van der Waals surface area contributed by atoms with Crippen LogP contribution in [-0.4, -0.2) is 0 Å². The highest BCUT2D eigenvalue weighted by molar-refractivity contribution is 9.10. The van der Waals surface area contributed by atoms with Gasteiger partial charge in [-0.25, -0.2) is 0 Å². The van der Waals surface area contributed by atoms with Gasteiger partial charge in [-0.1, -0.05) is 28.1 Å². The fourth-order valence-electron chi connectivity index (χ4n) is 2.92. The van der Waals surface area contributed by atoms with E-state index in [1.165, 1.54) is 0 Å². The molecule has 1 aliphatic rings. The number of nitriles is 1. The molecule has 3 nitrogen and oxygen atoms in total. The number of rotatable bonds is 1. The highest BCUT2D eigenvalue weighted by Gasteiger charge is 2.31. The van der Waals surface area contributed by atoms with Crippen LogP contribution in [0.1, 0.15) is 16.4 Å². The molecule has 4 rings (SSSR count). The molecule has 3 aromatic rings. The normalized spacial score (nSPS) is 16.8. The van der Waals surface area contributed by atoms with E-state index in [4.69, 9.17) is 10.5 Å². The lowest BCUT2D eigenvalue weighted by Gasteiger charge is -2.26. The molecule has 23 heavy (non-hydrogen) atoms. The van der Waals surface area contributed by atoms with Crippen molar-refractivity contribution in [3.8, 4) is 11.8 Å². The van der Waals surface area contributed by atoms with Gasteiger partial charge in [-0.15, -0.1) is 11.3 Å². The number of fused-ring (bicyclic) bond motifs is 2. The number of hydrogen-bond acceptors (Lipinski definition) is 4. The van der Waals surface area contributed by atoms with Gasteiger partial charge in [0.1, 0.15) is 17.4 Å². The van der Waals surface area contributed by atoms with Crippen LogP contribution in [-0.2, 0) is 0 Å². The molecule has 0 fully saturated rings. The Morgan fingerprint density at radius 2 is 2.04 bits per heavy atom. The van der Waals surface area contributed by atoms with Crippen LogP contribution in [0, 0.1) is 11.3 Å². The van der Waals surface area contributed by atoms with Gasteiger partial charge in [0, 0.05) is 14.9 Å². The topological polar surface area (TPSA) is 59.0 Å². The van der Waals surface area contributed by atoms with Gasteiger partial charge in [-0.2, -0.15) is 5.26 Å². The Morgan fingerprint density at radius 3 is 2.78 bits per heavy atom. The maximum absolute atomic E-state index is 9.54. The molecule has 0 aliphatic carbocycles. The summed E-state index contributed by atoms with van der Waals surface area (Å²) in [6, 6.07) is 16.4. The lowest BCUT2D eigenvalue weighted by atomic mass is 9.87. The minimum Gasteiger partial charge on any atom is -0.440 e. The van der Waals surface area contributed by atoms with Gasteiger partial charge in [-0.05, 0) is 46.5 Å². The van der Waals surface area contributed by atoms with Gasteiger partial charge in [0.25, 0.3) is 0 Å². The molecule has 0 saturated carbocycles. The number of thiophene rings is 1. The Morgan fingerprint density at radius 1 is 1.17 bits per heavy atom. The van der Waals surface area contributed by atoms with E-state index in [-0.39, 0.29) is 11.8 Å². The summed E-state index contributed by atoms with van der Waals surface area (Å²) >= 11 is 5.12. The van der Waals surface area contributed by atoms with Crippen molar-refractivity contribution in [2.24, 2.45) is 5.73 Å². The largest absolute Gasteiger partial charge is 0.440 e. The smallest absolute Gasteiger partial charge is 0.205 e. The second-order valence-electron chi connectivity index (χ2n) is 5.32. The van der Waals surface area contributed by atoms with Crippen molar-refractivity contribution < 1.29 is 4.74 Å². The summed E-state index contributed by atoms with van der Waals surface area (Å²) < 4.78 is 6.75. The van der Waals surface area contributed by atoms with E-state index in [1.54, 1.807) is 11.3 Å². The SMILES string of the molecule is N#CC1=C(N)Oc2cc3ccc(Br)cc3cc2[C@H]1c1cccs1. The first kappa shape index (κ1) is 14.3. The molecule has 1 atom stereocenters. The van der Waals surface area contributed by atoms with Gasteiger partial charge in [0.05, 0.1) is 5.92 Å². The summed E-state index contributed by atoms with van der Waals surface area (Å²) in [7, 11) is 0. The molecule has 2 aromatic carbocycles. The Bertz CT molecular complexity index is 986. The maximum atomic E-state index is 9.54. The van der Waals surface area contributed by atoms with Crippen LogP contribution in [0.5, 0.6) is 5.75 Å². The van der Waals surface area contributed by atoms with Gasteiger partial charge >= 0.3 is 0 Å². The lowest BCUT2D eigenvalue weighted by molar-refractivity contribution is 0.395. The molecular weight excluding hydrogens is 372 g/mol. The fraction of sp³-hybridized carbons (Fsp3) is 0.0556. The predicted molar refractivity (Wildman–Crippen MR) is 95.3 cm³/mol. The third kappa shape index (κ3) is 2.31. The van der Waals surface area contributed by atoms with Crippen LogP contribution in [0.15, 0.2) is 63.8 Å². The highest BCUT2D eigenvalue weighted by atomic mass is 79.9. The molecule has 1 aromatic heterocycles. The Labute approximate surface area is 145 Å². The summed E-state index contributed by atoms with van der Waals surface area (Å²) in [5, 5.41) is 13.7. The molecular formula is C18H11BrN2OS. The Hall–Kier alpha value is -2.29. The van der Waals surface area contributed by atoms with E-state index in [9.17, 15) is 5.26 Å². The summed E-state index contributed by atoms with van der Waals surface area (Å²) in [4.78, 5) is 1.09. The highest BCUT2D eigenvalue weighted by Crippen LogP contribution is 2.45.